The van der Waals surface area contributed by atoms with Crippen LogP contribution < -0.4 is 10.1 Å². The lowest BCUT2D eigenvalue weighted by atomic mass is 10.0. The van der Waals surface area contributed by atoms with Gasteiger partial charge in [-0.25, -0.2) is 0 Å². The molecule has 0 aliphatic rings. The molecule has 22 heavy (non-hydrogen) atoms. The number of aliphatic hydroxyl groups is 1. The van der Waals surface area contributed by atoms with Gasteiger partial charge in [0.05, 0.1) is 6.61 Å². The van der Waals surface area contributed by atoms with E-state index in [1.165, 1.54) is 0 Å². The van der Waals surface area contributed by atoms with Crippen molar-refractivity contribution in [1.82, 2.24) is 0 Å². The van der Waals surface area contributed by atoms with Crippen molar-refractivity contribution in [3.05, 3.63) is 58.7 Å². The third kappa shape index (κ3) is 3.86. The number of hydrogen-bond donors (Lipinski definition) is 2. The van der Waals surface area contributed by atoms with Gasteiger partial charge < -0.3 is 15.2 Å². The van der Waals surface area contributed by atoms with Gasteiger partial charge in [0.1, 0.15) is 5.75 Å². The fourth-order valence-corrected chi connectivity index (χ4v) is 2.14. The van der Waals surface area contributed by atoms with Crippen molar-refractivity contribution in [1.29, 1.82) is 0 Å². The summed E-state index contributed by atoms with van der Waals surface area (Å²) in [5.74, 6) is 0.357. The van der Waals surface area contributed by atoms with Gasteiger partial charge in [0.25, 0.3) is 5.91 Å². The predicted octanol–water partition coefficient (Wildman–Crippen LogP) is 3.12. The molecule has 0 radical (unpaired) electrons. The average molecular weight is 299 g/mol. The highest BCUT2D eigenvalue weighted by molar-refractivity contribution is 5.91. The fourth-order valence-electron chi connectivity index (χ4n) is 2.14. The highest BCUT2D eigenvalue weighted by Crippen LogP contribution is 2.26. The molecule has 0 atom stereocenters. The Hall–Kier alpha value is -2.33. The Labute approximate surface area is 130 Å². The van der Waals surface area contributed by atoms with Gasteiger partial charge in [0.15, 0.2) is 6.61 Å². The van der Waals surface area contributed by atoms with Crippen molar-refractivity contribution < 1.29 is 14.6 Å². The van der Waals surface area contributed by atoms with E-state index in [1.807, 2.05) is 57.2 Å². The number of aliphatic hydroxyl groups excluding tert-OH is 1. The van der Waals surface area contributed by atoms with E-state index in [1.54, 1.807) is 0 Å². The smallest absolute Gasteiger partial charge is 0.262 e. The summed E-state index contributed by atoms with van der Waals surface area (Å²) < 4.78 is 5.63. The first-order valence-electron chi connectivity index (χ1n) is 7.20. The third-order valence-electron chi connectivity index (χ3n) is 3.61. The van der Waals surface area contributed by atoms with Gasteiger partial charge in [-0.15, -0.1) is 0 Å². The van der Waals surface area contributed by atoms with E-state index in [0.29, 0.717) is 11.3 Å². The zero-order chi connectivity index (χ0) is 16.1. The van der Waals surface area contributed by atoms with Gasteiger partial charge in [-0.1, -0.05) is 29.8 Å². The number of carbonyl (C=O) groups excluding carboxylic acids is 1. The fraction of sp³-hybridized carbons (Fsp3) is 0.278. The molecule has 0 aromatic heterocycles. The van der Waals surface area contributed by atoms with E-state index in [9.17, 15) is 9.90 Å². The molecular formula is C18H21NO3. The van der Waals surface area contributed by atoms with Crippen LogP contribution in [0.4, 0.5) is 5.69 Å². The van der Waals surface area contributed by atoms with Crippen LogP contribution in [0.25, 0.3) is 0 Å². The minimum absolute atomic E-state index is 0.0921. The first kappa shape index (κ1) is 16.0. The number of rotatable bonds is 5. The lowest BCUT2D eigenvalue weighted by Gasteiger charge is -2.14. The molecule has 0 bridgehead atoms. The Kier molecular flexibility index (Phi) is 5.17. The maximum absolute atomic E-state index is 12.0. The summed E-state index contributed by atoms with van der Waals surface area (Å²) in [5, 5.41) is 12.2. The molecule has 2 N–H and O–H groups in total. The highest BCUT2D eigenvalue weighted by atomic mass is 16.5. The summed E-state index contributed by atoms with van der Waals surface area (Å²) in [7, 11) is 0. The molecule has 0 aliphatic carbocycles. The van der Waals surface area contributed by atoms with Crippen molar-refractivity contribution in [2.45, 2.75) is 27.4 Å². The Morgan fingerprint density at radius 1 is 1.09 bits per heavy atom. The zero-order valence-corrected chi connectivity index (χ0v) is 13.1. The molecule has 0 saturated heterocycles. The maximum Gasteiger partial charge on any atom is 0.262 e. The molecule has 4 heteroatoms. The van der Waals surface area contributed by atoms with Gasteiger partial charge in [-0.2, -0.15) is 0 Å². The van der Waals surface area contributed by atoms with Crippen molar-refractivity contribution in [2.75, 3.05) is 11.9 Å². The van der Waals surface area contributed by atoms with E-state index in [0.717, 1.165) is 22.4 Å². The molecule has 0 saturated carbocycles. The molecule has 4 nitrogen and oxygen atoms in total. The highest BCUT2D eigenvalue weighted by Gasteiger charge is 2.11. The van der Waals surface area contributed by atoms with Crippen LogP contribution in [-0.4, -0.2) is 17.6 Å². The van der Waals surface area contributed by atoms with Crippen LogP contribution in [0, 0.1) is 20.8 Å². The Morgan fingerprint density at radius 2 is 1.77 bits per heavy atom. The Bertz CT molecular complexity index is 663. The molecule has 2 aromatic rings. The number of nitrogens with one attached hydrogen (secondary N) is 1. The van der Waals surface area contributed by atoms with E-state index in [-0.39, 0.29) is 19.1 Å². The van der Waals surface area contributed by atoms with E-state index >= 15 is 0 Å². The van der Waals surface area contributed by atoms with Crippen molar-refractivity contribution in [3.8, 4) is 5.75 Å². The van der Waals surface area contributed by atoms with E-state index < -0.39 is 0 Å². The summed E-state index contributed by atoms with van der Waals surface area (Å²) in [6.45, 7) is 5.67. The van der Waals surface area contributed by atoms with Gasteiger partial charge in [-0.05, 0) is 44.0 Å². The number of aryl methyl sites for hydroxylation is 2. The van der Waals surface area contributed by atoms with Crippen LogP contribution in [0.2, 0.25) is 0 Å². The zero-order valence-electron chi connectivity index (χ0n) is 13.1. The van der Waals surface area contributed by atoms with Crippen LogP contribution in [0.5, 0.6) is 5.75 Å². The second-order valence-electron chi connectivity index (χ2n) is 5.36. The standard InChI is InChI=1S/C18H21NO3/c1-12-4-8-16(9-5-12)19-17(21)11-22-18-14(3)13(2)6-7-15(18)10-20/h4-9,20H,10-11H2,1-3H3,(H,19,21). The topological polar surface area (TPSA) is 58.6 Å². The van der Waals surface area contributed by atoms with Gasteiger partial charge in [0.2, 0.25) is 0 Å². The van der Waals surface area contributed by atoms with Crippen LogP contribution in [0.3, 0.4) is 0 Å². The summed E-state index contributed by atoms with van der Waals surface area (Å²) >= 11 is 0. The Balaban J connectivity index is 2.02. The molecule has 0 fully saturated rings. The minimum atomic E-state index is -0.228. The average Bonchev–Trinajstić information content (AvgIpc) is 2.51. The SMILES string of the molecule is Cc1ccc(NC(=O)COc2c(CO)ccc(C)c2C)cc1. The number of ether oxygens (including phenoxy) is 1. The van der Waals surface area contributed by atoms with Crippen LogP contribution in [0.1, 0.15) is 22.3 Å². The van der Waals surface area contributed by atoms with Crippen LogP contribution >= 0.6 is 0 Å². The van der Waals surface area contributed by atoms with Crippen molar-refractivity contribution in [3.63, 3.8) is 0 Å². The van der Waals surface area contributed by atoms with Crippen molar-refractivity contribution >= 4 is 11.6 Å². The molecule has 1 amide bonds. The van der Waals surface area contributed by atoms with E-state index in [4.69, 9.17) is 4.74 Å². The minimum Gasteiger partial charge on any atom is -0.483 e. The lowest BCUT2D eigenvalue weighted by molar-refractivity contribution is -0.118. The van der Waals surface area contributed by atoms with Gasteiger partial charge in [-0.3, -0.25) is 4.79 Å². The molecule has 116 valence electrons. The number of benzene rings is 2. The predicted molar refractivity (Wildman–Crippen MR) is 87.1 cm³/mol. The quantitative estimate of drug-likeness (QED) is 0.892. The molecule has 0 spiro atoms. The monoisotopic (exact) mass is 299 g/mol. The summed E-state index contributed by atoms with van der Waals surface area (Å²) in [4.78, 5) is 12.0. The first-order chi connectivity index (χ1) is 10.5. The number of hydrogen-bond acceptors (Lipinski definition) is 3. The second kappa shape index (κ2) is 7.09. The largest absolute Gasteiger partial charge is 0.483 e. The van der Waals surface area contributed by atoms with E-state index in [2.05, 4.69) is 5.32 Å². The van der Waals surface area contributed by atoms with Crippen LogP contribution in [-0.2, 0) is 11.4 Å². The van der Waals surface area contributed by atoms with Crippen LogP contribution in [0.15, 0.2) is 36.4 Å². The Morgan fingerprint density at radius 3 is 2.41 bits per heavy atom. The molecule has 2 rings (SSSR count). The molecular weight excluding hydrogens is 278 g/mol. The summed E-state index contributed by atoms with van der Waals surface area (Å²) in [6, 6.07) is 11.3. The summed E-state index contributed by atoms with van der Waals surface area (Å²) in [5.41, 5.74) is 4.56. The number of anilines is 1. The van der Waals surface area contributed by atoms with Gasteiger partial charge in [0, 0.05) is 11.3 Å². The molecule has 0 unspecified atom stereocenters. The third-order valence-corrected chi connectivity index (χ3v) is 3.61. The first-order valence-corrected chi connectivity index (χ1v) is 7.20. The summed E-state index contributed by atoms with van der Waals surface area (Å²) in [6.07, 6.45) is 0. The van der Waals surface area contributed by atoms with Gasteiger partial charge >= 0.3 is 0 Å². The number of carbonyl (C=O) groups is 1. The maximum atomic E-state index is 12.0. The molecule has 0 aliphatic heterocycles. The number of amides is 1. The normalized spacial score (nSPS) is 10.4. The molecule has 2 aromatic carbocycles. The lowest BCUT2D eigenvalue weighted by Crippen LogP contribution is -2.21. The second-order valence-corrected chi connectivity index (χ2v) is 5.36. The van der Waals surface area contributed by atoms with Crippen molar-refractivity contribution in [2.24, 2.45) is 0 Å². The molecule has 0 heterocycles.